The molecule has 0 unspecified atom stereocenters. The van der Waals surface area contributed by atoms with E-state index in [1.807, 2.05) is 36.4 Å². The number of ether oxygens (including phenoxy) is 1. The summed E-state index contributed by atoms with van der Waals surface area (Å²) in [6.07, 6.45) is 6.93. The van der Waals surface area contributed by atoms with Gasteiger partial charge in [-0.05, 0) is 35.9 Å². The molecule has 0 saturated carbocycles. The third kappa shape index (κ3) is 4.81. The molecule has 144 valence electrons. The minimum absolute atomic E-state index is 0.119. The molecule has 29 heavy (non-hydrogen) atoms. The number of carbonyl (C=O) groups is 1. The Morgan fingerprint density at radius 2 is 1.83 bits per heavy atom. The minimum atomic E-state index is -0.275. The number of anilines is 1. The molecular formula is C21H17N5O3. The van der Waals surface area contributed by atoms with Crippen LogP contribution in [0.25, 0.3) is 11.4 Å². The van der Waals surface area contributed by atoms with Crippen LogP contribution >= 0.6 is 0 Å². The van der Waals surface area contributed by atoms with Gasteiger partial charge in [-0.2, -0.15) is 4.98 Å². The molecule has 0 saturated heterocycles. The van der Waals surface area contributed by atoms with Gasteiger partial charge in [-0.15, -0.1) is 0 Å². The molecule has 0 radical (unpaired) electrons. The van der Waals surface area contributed by atoms with Crippen LogP contribution in [0.4, 0.5) is 5.69 Å². The molecule has 1 N–H and O–H groups in total. The maximum absolute atomic E-state index is 12.3. The number of pyridine rings is 2. The molecular weight excluding hydrogens is 370 g/mol. The first kappa shape index (κ1) is 18.3. The zero-order chi connectivity index (χ0) is 19.9. The largest absolute Gasteiger partial charge is 0.482 e. The number of benzene rings is 1. The van der Waals surface area contributed by atoms with Gasteiger partial charge in [0.25, 0.3) is 5.91 Å². The maximum atomic E-state index is 12.3. The fraction of sp³-hybridized carbons (Fsp3) is 0.0952. The highest BCUT2D eigenvalue weighted by molar-refractivity contribution is 5.92. The second-order valence-corrected chi connectivity index (χ2v) is 6.11. The highest BCUT2D eigenvalue weighted by atomic mass is 16.5. The molecule has 0 aliphatic rings. The third-order valence-electron chi connectivity index (χ3n) is 4.03. The van der Waals surface area contributed by atoms with Gasteiger partial charge >= 0.3 is 0 Å². The Kier molecular flexibility index (Phi) is 5.52. The normalized spacial score (nSPS) is 10.5. The summed E-state index contributed by atoms with van der Waals surface area (Å²) in [5.74, 6) is 1.17. The molecule has 0 bridgehead atoms. The Morgan fingerprint density at radius 3 is 2.62 bits per heavy atom. The van der Waals surface area contributed by atoms with Crippen LogP contribution in [-0.2, 0) is 11.2 Å². The number of hydrogen-bond donors (Lipinski definition) is 1. The van der Waals surface area contributed by atoms with Gasteiger partial charge in [0.05, 0.1) is 12.6 Å². The zero-order valence-electron chi connectivity index (χ0n) is 15.4. The summed E-state index contributed by atoms with van der Waals surface area (Å²) >= 11 is 0. The van der Waals surface area contributed by atoms with Crippen LogP contribution in [0.2, 0.25) is 0 Å². The molecule has 3 heterocycles. The summed E-state index contributed by atoms with van der Waals surface area (Å²) in [5.41, 5.74) is 2.29. The lowest BCUT2D eigenvalue weighted by molar-refractivity contribution is -0.118. The molecule has 4 rings (SSSR count). The van der Waals surface area contributed by atoms with Gasteiger partial charge in [0.15, 0.2) is 6.61 Å². The molecule has 0 spiro atoms. The number of amides is 1. The number of aromatic nitrogens is 4. The van der Waals surface area contributed by atoms with Gasteiger partial charge in [0.2, 0.25) is 11.7 Å². The monoisotopic (exact) mass is 387 g/mol. The molecule has 0 fully saturated rings. The second-order valence-electron chi connectivity index (χ2n) is 6.11. The van der Waals surface area contributed by atoms with Gasteiger partial charge in [-0.25, -0.2) is 0 Å². The fourth-order valence-corrected chi connectivity index (χ4v) is 2.67. The highest BCUT2D eigenvalue weighted by Crippen LogP contribution is 2.20. The molecule has 0 aliphatic heterocycles. The number of nitrogens with one attached hydrogen (secondary N) is 1. The molecule has 8 nitrogen and oxygen atoms in total. The van der Waals surface area contributed by atoms with Crippen molar-refractivity contribution in [2.75, 3.05) is 11.9 Å². The fourth-order valence-electron chi connectivity index (χ4n) is 2.67. The van der Waals surface area contributed by atoms with Crippen LogP contribution in [-0.4, -0.2) is 32.6 Å². The number of carbonyl (C=O) groups excluding carboxylic acids is 1. The quantitative estimate of drug-likeness (QED) is 0.519. The van der Waals surface area contributed by atoms with Gasteiger partial charge in [0, 0.05) is 29.8 Å². The smallest absolute Gasteiger partial charge is 0.262 e. The van der Waals surface area contributed by atoms with Crippen molar-refractivity contribution in [2.24, 2.45) is 0 Å². The highest BCUT2D eigenvalue weighted by Gasteiger charge is 2.13. The van der Waals surface area contributed by atoms with E-state index in [9.17, 15) is 4.79 Å². The molecule has 1 amide bonds. The van der Waals surface area contributed by atoms with Crippen molar-refractivity contribution in [3.63, 3.8) is 0 Å². The summed E-state index contributed by atoms with van der Waals surface area (Å²) < 4.78 is 10.8. The van der Waals surface area contributed by atoms with E-state index in [-0.39, 0.29) is 12.5 Å². The van der Waals surface area contributed by atoms with Crippen LogP contribution in [0, 0.1) is 0 Å². The van der Waals surface area contributed by atoms with E-state index in [4.69, 9.17) is 9.26 Å². The molecule has 0 atom stereocenters. The first-order valence-corrected chi connectivity index (χ1v) is 8.91. The van der Waals surface area contributed by atoms with E-state index in [1.165, 1.54) is 0 Å². The summed E-state index contributed by atoms with van der Waals surface area (Å²) in [6, 6.07) is 14.6. The van der Waals surface area contributed by atoms with Crippen molar-refractivity contribution in [1.82, 2.24) is 20.1 Å². The van der Waals surface area contributed by atoms with Crippen molar-refractivity contribution in [3.8, 4) is 17.1 Å². The van der Waals surface area contributed by atoms with E-state index in [2.05, 4.69) is 25.4 Å². The Morgan fingerprint density at radius 1 is 1.00 bits per heavy atom. The third-order valence-corrected chi connectivity index (χ3v) is 4.03. The number of para-hydroxylation sites is 1. The van der Waals surface area contributed by atoms with Crippen LogP contribution in [0.3, 0.4) is 0 Å². The Balaban J connectivity index is 1.42. The van der Waals surface area contributed by atoms with E-state index in [0.717, 1.165) is 11.1 Å². The zero-order valence-corrected chi connectivity index (χ0v) is 15.4. The topological polar surface area (TPSA) is 103 Å². The van der Waals surface area contributed by atoms with Crippen LogP contribution in [0.1, 0.15) is 11.5 Å². The molecule has 1 aromatic carbocycles. The minimum Gasteiger partial charge on any atom is -0.482 e. The average Bonchev–Trinajstić information content (AvgIpc) is 3.24. The maximum Gasteiger partial charge on any atom is 0.262 e. The first-order chi connectivity index (χ1) is 14.3. The second kappa shape index (κ2) is 8.75. The SMILES string of the molecule is O=C(COc1cccnc1)Nc1ccccc1Cc1nc(-c2cccnc2)no1. The van der Waals surface area contributed by atoms with Crippen molar-refractivity contribution in [1.29, 1.82) is 0 Å². The summed E-state index contributed by atoms with van der Waals surface area (Å²) in [4.78, 5) is 24.7. The molecule has 4 aromatic rings. The number of nitrogens with zero attached hydrogens (tertiary/aromatic N) is 4. The lowest BCUT2D eigenvalue weighted by Gasteiger charge is -2.10. The van der Waals surface area contributed by atoms with Crippen molar-refractivity contribution in [3.05, 3.63) is 84.8 Å². The Labute approximate surface area is 166 Å². The van der Waals surface area contributed by atoms with E-state index in [1.54, 1.807) is 36.9 Å². The molecule has 0 aliphatic carbocycles. The Hall–Kier alpha value is -4.07. The first-order valence-electron chi connectivity index (χ1n) is 8.91. The summed E-state index contributed by atoms with van der Waals surface area (Å²) in [5, 5.41) is 6.85. The standard InChI is InChI=1S/C21H17N5O3/c27-19(14-28-17-7-4-10-23-13-17)24-18-8-2-1-5-15(18)11-20-25-21(26-29-20)16-6-3-9-22-12-16/h1-10,12-13H,11,14H2,(H,24,27). The summed E-state index contributed by atoms with van der Waals surface area (Å²) in [6.45, 7) is -0.119. The summed E-state index contributed by atoms with van der Waals surface area (Å²) in [7, 11) is 0. The lowest BCUT2D eigenvalue weighted by Crippen LogP contribution is -2.21. The lowest BCUT2D eigenvalue weighted by atomic mass is 10.1. The predicted octanol–water partition coefficient (Wildman–Crippen LogP) is 3.13. The van der Waals surface area contributed by atoms with E-state index in [0.29, 0.717) is 29.6 Å². The van der Waals surface area contributed by atoms with Crippen LogP contribution < -0.4 is 10.1 Å². The number of rotatable bonds is 7. The molecule has 8 heteroatoms. The van der Waals surface area contributed by atoms with Crippen molar-refractivity contribution in [2.45, 2.75) is 6.42 Å². The average molecular weight is 387 g/mol. The van der Waals surface area contributed by atoms with E-state index < -0.39 is 0 Å². The number of hydrogen-bond acceptors (Lipinski definition) is 7. The van der Waals surface area contributed by atoms with Gasteiger partial charge in [-0.1, -0.05) is 23.4 Å². The van der Waals surface area contributed by atoms with Gasteiger partial charge in [-0.3, -0.25) is 14.8 Å². The van der Waals surface area contributed by atoms with Gasteiger partial charge in [0.1, 0.15) is 5.75 Å². The van der Waals surface area contributed by atoms with Crippen molar-refractivity contribution < 1.29 is 14.1 Å². The Bertz CT molecular complexity index is 1080. The van der Waals surface area contributed by atoms with Crippen molar-refractivity contribution >= 4 is 11.6 Å². The predicted molar refractivity (Wildman–Crippen MR) is 105 cm³/mol. The van der Waals surface area contributed by atoms with E-state index >= 15 is 0 Å². The van der Waals surface area contributed by atoms with Gasteiger partial charge < -0.3 is 14.6 Å². The van der Waals surface area contributed by atoms with Crippen LogP contribution in [0.5, 0.6) is 5.75 Å². The van der Waals surface area contributed by atoms with Crippen LogP contribution in [0.15, 0.2) is 77.8 Å². The molecule has 3 aromatic heterocycles.